The van der Waals surface area contributed by atoms with Crippen molar-refractivity contribution in [3.05, 3.63) is 34.7 Å². The summed E-state index contributed by atoms with van der Waals surface area (Å²) in [5.41, 5.74) is -1.12. The number of hydrogen-bond acceptors (Lipinski definition) is 7. The molecule has 1 aromatic carbocycles. The van der Waals surface area contributed by atoms with Gasteiger partial charge in [0.15, 0.2) is 0 Å². The number of H-pyrrole nitrogens is 1. The fourth-order valence-corrected chi connectivity index (χ4v) is 2.69. The van der Waals surface area contributed by atoms with Crippen LogP contribution < -0.4 is 19.9 Å². The summed E-state index contributed by atoms with van der Waals surface area (Å²) in [5.74, 6) is -1.05. The van der Waals surface area contributed by atoms with Crippen LogP contribution >= 0.6 is 0 Å². The number of ether oxygens (including phenoxy) is 2. The van der Waals surface area contributed by atoms with Crippen LogP contribution in [0.3, 0.4) is 0 Å². The molecular formula is C11H9F3N4O6S. The lowest BCUT2D eigenvalue weighted by Gasteiger charge is -2.13. The fraction of sp³-hybridized carbons (Fsp3) is 0.182. The van der Waals surface area contributed by atoms with E-state index < -0.39 is 38.8 Å². The van der Waals surface area contributed by atoms with E-state index in [9.17, 15) is 31.2 Å². The van der Waals surface area contributed by atoms with Gasteiger partial charge in [0.2, 0.25) is 0 Å². The van der Waals surface area contributed by atoms with Crippen LogP contribution in [0.1, 0.15) is 0 Å². The topological polar surface area (TPSA) is 132 Å². The number of nitrogens with zero attached hydrogens (tertiary/aromatic N) is 2. The Morgan fingerprint density at radius 3 is 2.52 bits per heavy atom. The number of amides is 1. The lowest BCUT2D eigenvalue weighted by atomic mass is 10.3. The van der Waals surface area contributed by atoms with Crippen molar-refractivity contribution in [3.8, 4) is 11.8 Å². The maximum atomic E-state index is 12.4. The predicted molar refractivity (Wildman–Crippen MR) is 73.6 cm³/mol. The summed E-state index contributed by atoms with van der Waals surface area (Å²) in [6.07, 6.45) is -5.15. The fourth-order valence-electron chi connectivity index (χ4n) is 1.63. The third kappa shape index (κ3) is 4.28. The van der Waals surface area contributed by atoms with Crippen molar-refractivity contribution in [1.82, 2.24) is 19.5 Å². The van der Waals surface area contributed by atoms with Crippen molar-refractivity contribution >= 4 is 16.1 Å². The molecule has 0 fully saturated rings. The van der Waals surface area contributed by atoms with Gasteiger partial charge in [0.25, 0.3) is 10.0 Å². The molecule has 10 nitrogen and oxygen atoms in total. The molecule has 0 saturated heterocycles. The number of rotatable bonds is 4. The van der Waals surface area contributed by atoms with E-state index in [1.54, 1.807) is 0 Å². The summed E-state index contributed by atoms with van der Waals surface area (Å²) < 4.78 is 71.0. The van der Waals surface area contributed by atoms with E-state index in [1.165, 1.54) is 4.72 Å². The molecule has 2 aromatic rings. The van der Waals surface area contributed by atoms with Crippen LogP contribution in [0.2, 0.25) is 0 Å². The number of methoxy groups -OCH3 is 1. The van der Waals surface area contributed by atoms with Crippen molar-refractivity contribution in [1.29, 1.82) is 0 Å². The molecule has 25 heavy (non-hydrogen) atoms. The lowest BCUT2D eigenvalue weighted by molar-refractivity contribution is -0.275. The van der Waals surface area contributed by atoms with Crippen molar-refractivity contribution < 1.29 is 35.9 Å². The Bertz CT molecular complexity index is 949. The minimum Gasteiger partial charge on any atom is -0.467 e. The van der Waals surface area contributed by atoms with Gasteiger partial charge in [-0.25, -0.2) is 22.7 Å². The van der Waals surface area contributed by atoms with E-state index >= 15 is 0 Å². The van der Waals surface area contributed by atoms with Crippen LogP contribution in [0.15, 0.2) is 34.0 Å². The molecule has 0 aliphatic rings. The maximum absolute atomic E-state index is 12.4. The average Bonchev–Trinajstić information content (AvgIpc) is 2.87. The van der Waals surface area contributed by atoms with Crippen LogP contribution in [0.5, 0.6) is 11.8 Å². The molecule has 2 N–H and O–H groups in total. The molecule has 0 radical (unpaired) electrons. The van der Waals surface area contributed by atoms with Gasteiger partial charge in [-0.15, -0.1) is 23.0 Å². The van der Waals surface area contributed by atoms with Crippen LogP contribution in [0.25, 0.3) is 0 Å². The molecular weight excluding hydrogens is 373 g/mol. The van der Waals surface area contributed by atoms with Gasteiger partial charge in [-0.2, -0.15) is 0 Å². The summed E-state index contributed by atoms with van der Waals surface area (Å²) in [5, 5.41) is 3.33. The van der Waals surface area contributed by atoms with Crippen molar-refractivity contribution in [2.45, 2.75) is 11.3 Å². The van der Waals surface area contributed by atoms with E-state index in [0.29, 0.717) is 0 Å². The first-order chi connectivity index (χ1) is 11.5. The number of para-hydroxylation sites is 1. The van der Waals surface area contributed by atoms with E-state index in [4.69, 9.17) is 0 Å². The monoisotopic (exact) mass is 382 g/mol. The Labute approximate surface area is 137 Å². The normalized spacial score (nSPS) is 11.8. The highest BCUT2D eigenvalue weighted by Crippen LogP contribution is 2.29. The zero-order chi connectivity index (χ0) is 18.8. The number of benzene rings is 1. The molecule has 0 aliphatic heterocycles. The van der Waals surface area contributed by atoms with Crippen LogP contribution in [0.4, 0.5) is 18.0 Å². The second-order valence-electron chi connectivity index (χ2n) is 4.26. The second-order valence-corrected chi connectivity index (χ2v) is 5.91. The number of aromatic nitrogens is 3. The van der Waals surface area contributed by atoms with Crippen LogP contribution in [-0.4, -0.2) is 42.7 Å². The molecule has 0 aliphatic carbocycles. The molecule has 1 aromatic heterocycles. The van der Waals surface area contributed by atoms with Gasteiger partial charge in [-0.3, -0.25) is 4.98 Å². The zero-order valence-corrected chi connectivity index (χ0v) is 13.0. The third-order valence-electron chi connectivity index (χ3n) is 2.57. The number of hydrogen-bond donors (Lipinski definition) is 2. The Hall–Kier alpha value is -3.03. The van der Waals surface area contributed by atoms with Gasteiger partial charge in [0.1, 0.15) is 10.6 Å². The standard InChI is InChI=1S/C11H9F3N4O6S/c1-23-8-15-9(19)18(16-8)10(20)17-25(21,22)7-5-3-2-4-6(7)24-11(12,13)14/h2-5H,1H3,(H,17,20)(H,15,16,19). The minimum atomic E-state index is -5.15. The molecule has 0 saturated carbocycles. The second kappa shape index (κ2) is 6.46. The van der Waals surface area contributed by atoms with Crippen LogP contribution in [-0.2, 0) is 10.0 Å². The number of nitrogens with one attached hydrogen (secondary N) is 2. The molecule has 0 atom stereocenters. The molecule has 2 rings (SSSR count). The minimum absolute atomic E-state index is 0.0869. The van der Waals surface area contributed by atoms with Gasteiger partial charge in [-0.05, 0) is 12.1 Å². The highest BCUT2D eigenvalue weighted by Gasteiger charge is 2.34. The largest absolute Gasteiger partial charge is 0.573 e. The zero-order valence-electron chi connectivity index (χ0n) is 12.2. The highest BCUT2D eigenvalue weighted by molar-refractivity contribution is 7.90. The van der Waals surface area contributed by atoms with Gasteiger partial charge < -0.3 is 9.47 Å². The smallest absolute Gasteiger partial charge is 0.467 e. The van der Waals surface area contributed by atoms with Crippen molar-refractivity contribution in [2.75, 3.05) is 7.11 Å². The molecule has 0 unspecified atom stereocenters. The Morgan fingerprint density at radius 2 is 1.96 bits per heavy atom. The first-order valence-corrected chi connectivity index (χ1v) is 7.67. The number of carbonyl (C=O) groups is 1. The number of aromatic amines is 1. The summed E-state index contributed by atoms with van der Waals surface area (Å²) in [6, 6.07) is 1.84. The highest BCUT2D eigenvalue weighted by atomic mass is 32.2. The first-order valence-electron chi connectivity index (χ1n) is 6.19. The van der Waals surface area contributed by atoms with E-state index in [-0.39, 0.29) is 10.7 Å². The molecule has 0 spiro atoms. The van der Waals surface area contributed by atoms with E-state index in [2.05, 4.69) is 14.6 Å². The summed E-state index contributed by atoms with van der Waals surface area (Å²) in [4.78, 5) is 24.3. The lowest BCUT2D eigenvalue weighted by Crippen LogP contribution is -2.39. The number of alkyl halides is 3. The Kier molecular flexibility index (Phi) is 4.73. The maximum Gasteiger partial charge on any atom is 0.573 e. The van der Waals surface area contributed by atoms with E-state index in [1.807, 2.05) is 4.98 Å². The molecule has 14 heteroatoms. The van der Waals surface area contributed by atoms with Crippen LogP contribution in [0, 0.1) is 0 Å². The Morgan fingerprint density at radius 1 is 1.32 bits per heavy atom. The van der Waals surface area contributed by atoms with Crippen molar-refractivity contribution in [2.24, 2.45) is 0 Å². The van der Waals surface area contributed by atoms with Gasteiger partial charge in [-0.1, -0.05) is 12.1 Å². The number of carbonyl (C=O) groups excluding carboxylic acids is 1. The first kappa shape index (κ1) is 18.3. The summed E-state index contributed by atoms with van der Waals surface area (Å²) >= 11 is 0. The molecule has 0 bridgehead atoms. The summed E-state index contributed by atoms with van der Waals surface area (Å²) in [7, 11) is -3.68. The van der Waals surface area contributed by atoms with E-state index in [0.717, 1.165) is 31.4 Å². The van der Waals surface area contributed by atoms with Crippen molar-refractivity contribution in [3.63, 3.8) is 0 Å². The van der Waals surface area contributed by atoms with Gasteiger partial charge in [0.05, 0.1) is 7.11 Å². The van der Waals surface area contributed by atoms with Gasteiger partial charge in [0, 0.05) is 0 Å². The number of sulfonamides is 1. The predicted octanol–water partition coefficient (Wildman–Crippen LogP) is 0.425. The molecule has 136 valence electrons. The SMILES string of the molecule is COc1nn(C(=O)NS(=O)(=O)c2ccccc2OC(F)(F)F)c(=O)[nH]1. The molecule has 1 heterocycles. The number of halogens is 3. The molecule has 1 amide bonds. The van der Waals surface area contributed by atoms with Gasteiger partial charge >= 0.3 is 24.1 Å². The average molecular weight is 382 g/mol. The Balaban J connectivity index is 2.35. The third-order valence-corrected chi connectivity index (χ3v) is 3.93. The quantitative estimate of drug-likeness (QED) is 0.783. The summed E-state index contributed by atoms with van der Waals surface area (Å²) in [6.45, 7) is 0.